The van der Waals surface area contributed by atoms with Gasteiger partial charge in [0.05, 0.1) is 30.2 Å². The van der Waals surface area contributed by atoms with Crippen LogP contribution in [-0.4, -0.2) is 27.8 Å². The number of aromatic nitrogens is 3. The van der Waals surface area contributed by atoms with Gasteiger partial charge >= 0.3 is 0 Å². The van der Waals surface area contributed by atoms with Crippen LogP contribution in [0.15, 0.2) is 79.1 Å². The number of benzene rings is 2. The number of anilines is 1. The minimum atomic E-state index is -0.355. The molecule has 0 aliphatic carbocycles. The minimum Gasteiger partial charge on any atom is -0.481 e. The number of nitrogens with one attached hydrogen (secondary N) is 1. The van der Waals surface area contributed by atoms with E-state index in [9.17, 15) is 9.18 Å². The lowest BCUT2D eigenvalue weighted by Crippen LogP contribution is -2.12. The Morgan fingerprint density at radius 2 is 1.79 bits per heavy atom. The Morgan fingerprint density at radius 1 is 1.03 bits per heavy atom. The molecule has 0 saturated heterocycles. The molecule has 2 aromatic heterocycles. The van der Waals surface area contributed by atoms with E-state index in [0.717, 1.165) is 5.69 Å². The maximum atomic E-state index is 13.4. The molecule has 0 fully saturated rings. The summed E-state index contributed by atoms with van der Waals surface area (Å²) in [6.07, 6.45) is 3.16. The number of carbonyl (C=O) groups is 1. The highest BCUT2D eigenvalue weighted by atomic mass is 19.1. The van der Waals surface area contributed by atoms with Gasteiger partial charge in [-0.2, -0.15) is 5.10 Å². The Balaban J connectivity index is 1.72. The van der Waals surface area contributed by atoms with Crippen molar-refractivity contribution in [2.24, 2.45) is 0 Å². The lowest BCUT2D eigenvalue weighted by Gasteiger charge is -2.06. The number of carbonyl (C=O) groups excluding carboxylic acids is 1. The van der Waals surface area contributed by atoms with E-state index in [1.54, 1.807) is 35.1 Å². The lowest BCUT2D eigenvalue weighted by molar-refractivity contribution is 0.102. The number of para-hydroxylation sites is 1. The van der Waals surface area contributed by atoms with Gasteiger partial charge in [0.2, 0.25) is 5.88 Å². The average Bonchev–Trinajstić information content (AvgIpc) is 3.21. The number of halogens is 1. The van der Waals surface area contributed by atoms with Crippen molar-refractivity contribution >= 4 is 11.6 Å². The van der Waals surface area contributed by atoms with Crippen LogP contribution < -0.4 is 10.1 Å². The highest BCUT2D eigenvalue weighted by molar-refractivity contribution is 6.08. The smallest absolute Gasteiger partial charge is 0.259 e. The van der Waals surface area contributed by atoms with Gasteiger partial charge in [-0.05, 0) is 42.5 Å². The summed E-state index contributed by atoms with van der Waals surface area (Å²) >= 11 is 0. The molecule has 6 nitrogen and oxygen atoms in total. The van der Waals surface area contributed by atoms with Crippen LogP contribution in [0, 0.1) is 5.82 Å². The number of ether oxygens (including phenoxy) is 1. The van der Waals surface area contributed by atoms with Gasteiger partial charge in [-0.25, -0.2) is 14.1 Å². The molecule has 2 aromatic carbocycles. The number of hydrogen-bond acceptors (Lipinski definition) is 4. The van der Waals surface area contributed by atoms with Gasteiger partial charge < -0.3 is 10.1 Å². The number of pyridine rings is 1. The van der Waals surface area contributed by atoms with Crippen LogP contribution >= 0.6 is 0 Å². The van der Waals surface area contributed by atoms with E-state index in [1.165, 1.54) is 25.4 Å². The van der Waals surface area contributed by atoms with Crippen molar-refractivity contribution in [3.05, 3.63) is 90.5 Å². The molecule has 0 aliphatic rings. The first-order valence-corrected chi connectivity index (χ1v) is 8.86. The zero-order valence-corrected chi connectivity index (χ0v) is 15.5. The third-order valence-electron chi connectivity index (χ3n) is 4.30. The third kappa shape index (κ3) is 3.98. The molecule has 4 aromatic rings. The quantitative estimate of drug-likeness (QED) is 0.552. The average molecular weight is 388 g/mol. The number of rotatable bonds is 5. The van der Waals surface area contributed by atoms with Crippen molar-refractivity contribution in [2.75, 3.05) is 12.4 Å². The fourth-order valence-electron chi connectivity index (χ4n) is 2.85. The number of amides is 1. The molecule has 1 amide bonds. The molecule has 4 rings (SSSR count). The van der Waals surface area contributed by atoms with Gasteiger partial charge in [-0.1, -0.05) is 18.2 Å². The normalized spacial score (nSPS) is 10.6. The molecule has 0 bridgehead atoms. The molecule has 29 heavy (non-hydrogen) atoms. The van der Waals surface area contributed by atoms with E-state index >= 15 is 0 Å². The van der Waals surface area contributed by atoms with E-state index in [2.05, 4.69) is 15.4 Å². The van der Waals surface area contributed by atoms with Crippen LogP contribution in [0.5, 0.6) is 5.88 Å². The van der Waals surface area contributed by atoms with Crippen molar-refractivity contribution in [1.29, 1.82) is 0 Å². The van der Waals surface area contributed by atoms with Gasteiger partial charge in [0.15, 0.2) is 0 Å². The van der Waals surface area contributed by atoms with E-state index in [-0.39, 0.29) is 11.7 Å². The topological polar surface area (TPSA) is 69.0 Å². The zero-order chi connectivity index (χ0) is 20.2. The minimum absolute atomic E-state index is 0.349. The van der Waals surface area contributed by atoms with E-state index in [0.29, 0.717) is 28.4 Å². The number of methoxy groups -OCH3 is 1. The molecule has 0 atom stereocenters. The molecule has 0 aliphatic heterocycles. The van der Waals surface area contributed by atoms with Crippen LogP contribution in [-0.2, 0) is 0 Å². The predicted octanol–water partition coefficient (Wildman–Crippen LogP) is 4.33. The van der Waals surface area contributed by atoms with Crippen molar-refractivity contribution in [3.8, 4) is 22.8 Å². The van der Waals surface area contributed by atoms with Gasteiger partial charge in [-0.15, -0.1) is 0 Å². The summed E-state index contributed by atoms with van der Waals surface area (Å²) in [5.41, 5.74) is 2.78. The first-order valence-electron chi connectivity index (χ1n) is 8.86. The monoisotopic (exact) mass is 388 g/mol. The maximum absolute atomic E-state index is 13.4. The molecule has 0 unspecified atom stereocenters. The van der Waals surface area contributed by atoms with Gasteiger partial charge in [0.25, 0.3) is 5.91 Å². The Labute approximate surface area is 166 Å². The Kier molecular flexibility index (Phi) is 5.03. The molecule has 7 heteroatoms. The maximum Gasteiger partial charge on any atom is 0.259 e. The summed E-state index contributed by atoms with van der Waals surface area (Å²) in [6, 6.07) is 18.7. The summed E-state index contributed by atoms with van der Waals surface area (Å²) in [6.45, 7) is 0. The van der Waals surface area contributed by atoms with Gasteiger partial charge in [0, 0.05) is 17.8 Å². The fourth-order valence-corrected chi connectivity index (χ4v) is 2.85. The van der Waals surface area contributed by atoms with Gasteiger partial charge in [-0.3, -0.25) is 4.79 Å². The van der Waals surface area contributed by atoms with Crippen LogP contribution in [0.25, 0.3) is 16.9 Å². The second-order valence-corrected chi connectivity index (χ2v) is 6.22. The molecule has 0 spiro atoms. The molecule has 1 N–H and O–H groups in total. The van der Waals surface area contributed by atoms with Crippen molar-refractivity contribution in [2.45, 2.75) is 0 Å². The lowest BCUT2D eigenvalue weighted by atomic mass is 10.1. The van der Waals surface area contributed by atoms with E-state index in [1.807, 2.05) is 30.3 Å². The second kappa shape index (κ2) is 7.93. The van der Waals surface area contributed by atoms with Crippen LogP contribution in [0.2, 0.25) is 0 Å². The SMILES string of the molecule is COc1ccc(NC(=O)c2cn(-c3ccccc3)nc2-c2ccc(F)cc2)cn1. The van der Waals surface area contributed by atoms with Crippen LogP contribution in [0.4, 0.5) is 10.1 Å². The Morgan fingerprint density at radius 3 is 2.45 bits per heavy atom. The van der Waals surface area contributed by atoms with Gasteiger partial charge in [0.1, 0.15) is 11.5 Å². The summed E-state index contributed by atoms with van der Waals surface area (Å²) in [7, 11) is 1.52. The summed E-state index contributed by atoms with van der Waals surface area (Å²) in [5.74, 6) is -0.253. The predicted molar refractivity (Wildman–Crippen MR) is 108 cm³/mol. The highest BCUT2D eigenvalue weighted by Crippen LogP contribution is 2.25. The largest absolute Gasteiger partial charge is 0.481 e. The first-order chi connectivity index (χ1) is 14.1. The van der Waals surface area contributed by atoms with E-state index < -0.39 is 0 Å². The summed E-state index contributed by atoms with van der Waals surface area (Å²) < 4.78 is 20.0. The second-order valence-electron chi connectivity index (χ2n) is 6.22. The fraction of sp³-hybridized carbons (Fsp3) is 0.0455. The molecule has 0 radical (unpaired) electrons. The third-order valence-corrected chi connectivity index (χ3v) is 4.30. The van der Waals surface area contributed by atoms with E-state index in [4.69, 9.17) is 4.74 Å². The van der Waals surface area contributed by atoms with Crippen molar-refractivity contribution in [1.82, 2.24) is 14.8 Å². The highest BCUT2D eigenvalue weighted by Gasteiger charge is 2.19. The van der Waals surface area contributed by atoms with Crippen LogP contribution in [0.3, 0.4) is 0 Å². The number of nitrogens with zero attached hydrogens (tertiary/aromatic N) is 3. The Hall–Kier alpha value is -4.00. The summed E-state index contributed by atoms with van der Waals surface area (Å²) in [4.78, 5) is 17.1. The molecule has 0 saturated carbocycles. The molecular formula is C22H17FN4O2. The zero-order valence-electron chi connectivity index (χ0n) is 15.5. The standard InChI is InChI=1S/C22H17FN4O2/c1-29-20-12-11-17(13-24-20)25-22(28)19-14-27(18-5-3-2-4-6-18)26-21(19)15-7-9-16(23)10-8-15/h2-14H,1H3,(H,25,28). The van der Waals surface area contributed by atoms with Crippen LogP contribution in [0.1, 0.15) is 10.4 Å². The molecular weight excluding hydrogens is 371 g/mol. The summed E-state index contributed by atoms with van der Waals surface area (Å²) in [5, 5.41) is 7.38. The first kappa shape index (κ1) is 18.4. The van der Waals surface area contributed by atoms with Crippen molar-refractivity contribution in [3.63, 3.8) is 0 Å². The Bertz CT molecular complexity index is 1120. The molecule has 144 valence electrons. The molecule has 2 heterocycles. The van der Waals surface area contributed by atoms with Crippen molar-refractivity contribution < 1.29 is 13.9 Å². The number of hydrogen-bond donors (Lipinski definition) is 1.